The largest absolute Gasteiger partial charge is 0.500 e. The van der Waals surface area contributed by atoms with Crippen LogP contribution >= 0.6 is 0 Å². The number of anilines is 1. The maximum absolute atomic E-state index is 11.7. The molecule has 0 spiro atoms. The fourth-order valence-corrected chi connectivity index (χ4v) is 1.83. The van der Waals surface area contributed by atoms with E-state index in [4.69, 9.17) is 4.74 Å². The number of carbonyl (C=O) groups excluding carboxylic acids is 1. The number of nitro groups is 1. The summed E-state index contributed by atoms with van der Waals surface area (Å²) in [6.45, 7) is -0.390. The summed E-state index contributed by atoms with van der Waals surface area (Å²) in [6.07, 6.45) is 1.10. The Morgan fingerprint density at radius 3 is 2.85 bits per heavy atom. The fraction of sp³-hybridized carbons (Fsp3) is 0.154. The Hall–Kier alpha value is -4.23. The van der Waals surface area contributed by atoms with Gasteiger partial charge < -0.3 is 15.2 Å². The Kier molecular flexibility index (Phi) is 5.83. The van der Waals surface area contributed by atoms with Crippen molar-refractivity contribution < 1.29 is 19.6 Å². The number of rotatable bonds is 7. The number of methoxy groups -OCH3 is 1. The Labute approximate surface area is 149 Å². The van der Waals surface area contributed by atoms with Crippen LogP contribution in [0.5, 0.6) is 11.5 Å². The predicted octanol–water partition coefficient (Wildman–Crippen LogP) is -1.36. The molecule has 0 bridgehead atoms. The second kappa shape index (κ2) is 8.24. The molecule has 1 aromatic carbocycles. The SMILES string of the molecule is COc1cc(C=NNC(=O)CNc2n[nH]c(=O)[nH]c2=O)cc([N+](=O)[O-])c1O. The van der Waals surface area contributed by atoms with Crippen LogP contribution in [0.15, 0.2) is 26.8 Å². The van der Waals surface area contributed by atoms with Crippen LogP contribution in [0.2, 0.25) is 0 Å². The number of nitrogens with one attached hydrogen (secondary N) is 4. The van der Waals surface area contributed by atoms with Gasteiger partial charge in [-0.2, -0.15) is 5.10 Å². The first-order chi connectivity index (χ1) is 12.8. The number of benzene rings is 1. The molecule has 0 aliphatic heterocycles. The molecule has 2 aromatic rings. The second-order valence-corrected chi connectivity index (χ2v) is 4.85. The quantitative estimate of drug-likeness (QED) is 0.218. The zero-order valence-electron chi connectivity index (χ0n) is 13.7. The lowest BCUT2D eigenvalue weighted by Gasteiger charge is -2.05. The third-order valence-corrected chi connectivity index (χ3v) is 3.02. The van der Waals surface area contributed by atoms with E-state index in [1.807, 2.05) is 10.1 Å². The molecule has 0 aliphatic carbocycles. The number of nitro benzene ring substituents is 1. The minimum atomic E-state index is -0.807. The van der Waals surface area contributed by atoms with Gasteiger partial charge in [-0.1, -0.05) is 0 Å². The number of aromatic amines is 2. The van der Waals surface area contributed by atoms with E-state index in [1.54, 1.807) is 0 Å². The monoisotopic (exact) mass is 379 g/mol. The summed E-state index contributed by atoms with van der Waals surface area (Å²) in [5, 5.41) is 32.0. The Morgan fingerprint density at radius 1 is 1.48 bits per heavy atom. The average Bonchev–Trinajstić information content (AvgIpc) is 2.61. The van der Waals surface area contributed by atoms with Crippen LogP contribution in [-0.4, -0.2) is 51.0 Å². The lowest BCUT2D eigenvalue weighted by Crippen LogP contribution is -2.31. The zero-order chi connectivity index (χ0) is 20.0. The lowest BCUT2D eigenvalue weighted by atomic mass is 10.2. The molecule has 0 saturated carbocycles. The average molecular weight is 379 g/mol. The van der Waals surface area contributed by atoms with Crippen LogP contribution in [0.3, 0.4) is 0 Å². The first kappa shape index (κ1) is 19.1. The van der Waals surface area contributed by atoms with Crippen LogP contribution in [-0.2, 0) is 4.79 Å². The summed E-state index contributed by atoms with van der Waals surface area (Å²) in [7, 11) is 1.22. The van der Waals surface area contributed by atoms with Gasteiger partial charge in [0.05, 0.1) is 24.8 Å². The van der Waals surface area contributed by atoms with Crippen LogP contribution in [0.1, 0.15) is 5.56 Å². The molecule has 1 heterocycles. The number of carbonyl (C=O) groups is 1. The highest BCUT2D eigenvalue weighted by Crippen LogP contribution is 2.36. The molecule has 1 amide bonds. The molecule has 0 radical (unpaired) electrons. The van der Waals surface area contributed by atoms with Crippen molar-refractivity contribution in [2.24, 2.45) is 5.10 Å². The Balaban J connectivity index is 2.01. The van der Waals surface area contributed by atoms with Crippen molar-refractivity contribution in [1.82, 2.24) is 20.6 Å². The summed E-state index contributed by atoms with van der Waals surface area (Å²) >= 11 is 0. The molecular formula is C13H13N7O7. The summed E-state index contributed by atoms with van der Waals surface area (Å²) < 4.78 is 4.83. The van der Waals surface area contributed by atoms with Gasteiger partial charge in [0.25, 0.3) is 11.5 Å². The van der Waals surface area contributed by atoms with Crippen LogP contribution in [0.25, 0.3) is 0 Å². The number of phenolic OH excluding ortho intramolecular Hbond substituents is 1. The molecule has 27 heavy (non-hydrogen) atoms. The molecule has 142 valence electrons. The highest BCUT2D eigenvalue weighted by atomic mass is 16.6. The van der Waals surface area contributed by atoms with E-state index >= 15 is 0 Å². The maximum atomic E-state index is 11.7. The smallest absolute Gasteiger partial charge is 0.342 e. The van der Waals surface area contributed by atoms with Gasteiger partial charge in [-0.3, -0.25) is 24.7 Å². The molecule has 14 nitrogen and oxygen atoms in total. The van der Waals surface area contributed by atoms with Crippen molar-refractivity contribution in [1.29, 1.82) is 0 Å². The topological polar surface area (TPSA) is 205 Å². The van der Waals surface area contributed by atoms with Crippen LogP contribution in [0, 0.1) is 10.1 Å². The third-order valence-electron chi connectivity index (χ3n) is 3.02. The minimum Gasteiger partial charge on any atom is -0.500 e. The Morgan fingerprint density at radius 2 is 2.22 bits per heavy atom. The number of aromatic nitrogens is 3. The van der Waals surface area contributed by atoms with Gasteiger partial charge in [0.1, 0.15) is 0 Å². The molecule has 0 saturated heterocycles. The van der Waals surface area contributed by atoms with E-state index in [0.717, 1.165) is 12.3 Å². The summed E-state index contributed by atoms with van der Waals surface area (Å²) in [4.78, 5) is 45.9. The van der Waals surface area contributed by atoms with Crippen molar-refractivity contribution in [3.05, 3.63) is 48.6 Å². The first-order valence-electron chi connectivity index (χ1n) is 7.12. The standard InChI is InChI=1S/C13H13N7O7/c1-27-8-3-6(2-7(10(8)22)20(25)26)4-15-17-9(21)5-14-11-12(23)16-13(24)19-18-11/h2-4,22H,5H2,1H3,(H,14,18)(H,17,21)(H2,16,19,23,24). The molecule has 5 N–H and O–H groups in total. The second-order valence-electron chi connectivity index (χ2n) is 4.85. The molecular weight excluding hydrogens is 366 g/mol. The first-order valence-corrected chi connectivity index (χ1v) is 7.12. The number of phenols is 1. The van der Waals surface area contributed by atoms with Gasteiger partial charge in [0, 0.05) is 11.6 Å². The van der Waals surface area contributed by atoms with Gasteiger partial charge >= 0.3 is 11.4 Å². The van der Waals surface area contributed by atoms with Gasteiger partial charge in [0.2, 0.25) is 11.6 Å². The number of nitrogens with zero attached hydrogens (tertiary/aromatic N) is 3. The number of amides is 1. The van der Waals surface area contributed by atoms with E-state index in [1.165, 1.54) is 13.2 Å². The minimum absolute atomic E-state index is 0.137. The van der Waals surface area contributed by atoms with Crippen LogP contribution in [0.4, 0.5) is 11.5 Å². The normalized spacial score (nSPS) is 10.6. The van der Waals surface area contributed by atoms with Gasteiger partial charge in [0.15, 0.2) is 5.75 Å². The van der Waals surface area contributed by atoms with E-state index < -0.39 is 40.1 Å². The van der Waals surface area contributed by atoms with Gasteiger partial charge in [-0.15, -0.1) is 5.10 Å². The van der Waals surface area contributed by atoms with Crippen molar-refractivity contribution in [3.8, 4) is 11.5 Å². The number of hydrazone groups is 1. The van der Waals surface area contributed by atoms with E-state index in [-0.39, 0.29) is 17.1 Å². The van der Waals surface area contributed by atoms with Crippen molar-refractivity contribution in [2.75, 3.05) is 19.0 Å². The van der Waals surface area contributed by atoms with Crippen LogP contribution < -0.4 is 26.7 Å². The van der Waals surface area contributed by atoms with Crippen molar-refractivity contribution in [3.63, 3.8) is 0 Å². The fourth-order valence-electron chi connectivity index (χ4n) is 1.83. The van der Waals surface area contributed by atoms with Gasteiger partial charge in [-0.25, -0.2) is 15.3 Å². The van der Waals surface area contributed by atoms with Crippen molar-refractivity contribution >= 4 is 23.6 Å². The molecule has 0 unspecified atom stereocenters. The molecule has 0 atom stereocenters. The molecule has 2 rings (SSSR count). The van der Waals surface area contributed by atoms with Crippen molar-refractivity contribution in [2.45, 2.75) is 0 Å². The Bertz CT molecular complexity index is 1010. The maximum Gasteiger partial charge on any atom is 0.342 e. The molecule has 1 aromatic heterocycles. The summed E-state index contributed by atoms with van der Waals surface area (Å²) in [6, 6.07) is 2.32. The summed E-state index contributed by atoms with van der Waals surface area (Å²) in [5.74, 6) is -1.71. The number of ether oxygens (including phenoxy) is 1. The number of hydrogen-bond acceptors (Lipinski definition) is 10. The van der Waals surface area contributed by atoms with Gasteiger partial charge in [-0.05, 0) is 6.07 Å². The number of H-pyrrole nitrogens is 2. The van der Waals surface area contributed by atoms with E-state index in [0.29, 0.717) is 0 Å². The molecule has 0 aliphatic rings. The molecule has 0 fully saturated rings. The number of aromatic hydroxyl groups is 1. The zero-order valence-corrected chi connectivity index (χ0v) is 13.7. The highest BCUT2D eigenvalue weighted by Gasteiger charge is 2.19. The van der Waals surface area contributed by atoms with E-state index in [2.05, 4.69) is 20.9 Å². The van der Waals surface area contributed by atoms with E-state index in [9.17, 15) is 29.6 Å². The highest BCUT2D eigenvalue weighted by molar-refractivity contribution is 5.85. The molecule has 14 heteroatoms. The third kappa shape index (κ3) is 4.88. The lowest BCUT2D eigenvalue weighted by molar-refractivity contribution is -0.386. The number of hydrogen-bond donors (Lipinski definition) is 5. The summed E-state index contributed by atoms with van der Waals surface area (Å²) in [5.41, 5.74) is 0.109. The predicted molar refractivity (Wildman–Crippen MR) is 91.0 cm³/mol.